The first-order chi connectivity index (χ1) is 9.15. The first-order valence-corrected chi connectivity index (χ1v) is 6.26. The van der Waals surface area contributed by atoms with E-state index in [1.54, 1.807) is 29.1 Å². The summed E-state index contributed by atoms with van der Waals surface area (Å²) < 4.78 is 7.24. The summed E-state index contributed by atoms with van der Waals surface area (Å²) in [5.41, 5.74) is 7.14. The highest BCUT2D eigenvalue weighted by Crippen LogP contribution is 2.33. The van der Waals surface area contributed by atoms with Gasteiger partial charge in [0.1, 0.15) is 0 Å². The Balaban J connectivity index is 1.97. The zero-order valence-corrected chi connectivity index (χ0v) is 10.7. The van der Waals surface area contributed by atoms with Crippen LogP contribution in [-0.2, 0) is 0 Å². The van der Waals surface area contributed by atoms with E-state index in [2.05, 4.69) is 4.98 Å². The van der Waals surface area contributed by atoms with Crippen molar-refractivity contribution in [3.63, 3.8) is 0 Å². The van der Waals surface area contributed by atoms with Gasteiger partial charge in [-0.2, -0.15) is 0 Å². The smallest absolute Gasteiger partial charge is 0.313 e. The van der Waals surface area contributed by atoms with Crippen LogP contribution in [0, 0.1) is 6.92 Å². The second kappa shape index (κ2) is 4.42. The fraction of sp³-hybridized carbons (Fsp3) is 0.286. The van der Waals surface area contributed by atoms with Gasteiger partial charge in [-0.25, -0.2) is 4.98 Å². The highest BCUT2D eigenvalue weighted by Gasteiger charge is 2.25. The number of nitrogens with two attached hydrogens (primary N) is 1. The SMILES string of the molecule is Cc1ccc(N)c(Oc2nccn(C3CC3)c2=O)c1. The van der Waals surface area contributed by atoms with Crippen LogP contribution in [0.5, 0.6) is 11.6 Å². The van der Waals surface area contributed by atoms with Crippen molar-refractivity contribution in [3.05, 3.63) is 46.5 Å². The van der Waals surface area contributed by atoms with Crippen LogP contribution in [0.4, 0.5) is 5.69 Å². The predicted molar refractivity (Wildman–Crippen MR) is 72.4 cm³/mol. The van der Waals surface area contributed by atoms with Crippen LogP contribution in [-0.4, -0.2) is 9.55 Å². The van der Waals surface area contributed by atoms with Crippen molar-refractivity contribution in [2.24, 2.45) is 0 Å². The molecule has 98 valence electrons. The normalized spacial score (nSPS) is 14.4. The molecule has 5 nitrogen and oxygen atoms in total. The minimum atomic E-state index is -0.203. The van der Waals surface area contributed by atoms with Crippen LogP contribution in [0.3, 0.4) is 0 Å². The van der Waals surface area contributed by atoms with Gasteiger partial charge < -0.3 is 15.0 Å². The van der Waals surface area contributed by atoms with Gasteiger partial charge in [0.15, 0.2) is 5.75 Å². The largest absolute Gasteiger partial charge is 0.432 e. The minimum absolute atomic E-state index is 0.0756. The number of nitrogens with zero attached hydrogens (tertiary/aromatic N) is 2. The minimum Gasteiger partial charge on any atom is -0.432 e. The molecule has 5 heteroatoms. The van der Waals surface area contributed by atoms with Crippen LogP contribution < -0.4 is 16.0 Å². The van der Waals surface area contributed by atoms with Crippen LogP contribution in [0.15, 0.2) is 35.4 Å². The van der Waals surface area contributed by atoms with Crippen molar-refractivity contribution in [2.45, 2.75) is 25.8 Å². The average molecular weight is 257 g/mol. The van der Waals surface area contributed by atoms with Crippen LogP contribution in [0.2, 0.25) is 0 Å². The molecule has 2 N–H and O–H groups in total. The summed E-state index contributed by atoms with van der Waals surface area (Å²) in [7, 11) is 0. The molecule has 1 aromatic heterocycles. The molecule has 3 rings (SSSR count). The number of ether oxygens (including phenoxy) is 1. The van der Waals surface area contributed by atoms with E-state index in [0.29, 0.717) is 17.5 Å². The first kappa shape index (κ1) is 11.8. The molecule has 1 aliphatic carbocycles. The third kappa shape index (κ3) is 2.31. The first-order valence-electron chi connectivity index (χ1n) is 6.26. The Bertz CT molecular complexity index is 675. The molecule has 1 fully saturated rings. The van der Waals surface area contributed by atoms with E-state index in [9.17, 15) is 4.79 Å². The molecule has 0 spiro atoms. The van der Waals surface area contributed by atoms with Gasteiger partial charge in [-0.15, -0.1) is 0 Å². The summed E-state index contributed by atoms with van der Waals surface area (Å²) >= 11 is 0. The number of nitrogen functional groups attached to an aromatic ring is 1. The maximum Gasteiger partial charge on any atom is 0.313 e. The van der Waals surface area contributed by atoms with Crippen molar-refractivity contribution >= 4 is 5.69 Å². The molecule has 0 saturated heterocycles. The van der Waals surface area contributed by atoms with Crippen molar-refractivity contribution in [1.29, 1.82) is 0 Å². The lowest BCUT2D eigenvalue weighted by Crippen LogP contribution is -2.20. The van der Waals surface area contributed by atoms with Crippen molar-refractivity contribution in [3.8, 4) is 11.6 Å². The lowest BCUT2D eigenvalue weighted by Gasteiger charge is -2.09. The maximum absolute atomic E-state index is 12.2. The maximum atomic E-state index is 12.2. The summed E-state index contributed by atoms with van der Waals surface area (Å²) in [6, 6.07) is 5.74. The van der Waals surface area contributed by atoms with Crippen molar-refractivity contribution in [1.82, 2.24) is 9.55 Å². The summed E-state index contributed by atoms with van der Waals surface area (Å²) in [4.78, 5) is 16.2. The quantitative estimate of drug-likeness (QED) is 0.856. The molecule has 0 aliphatic heterocycles. The van der Waals surface area contributed by atoms with E-state index in [1.165, 1.54) is 0 Å². The number of anilines is 1. The van der Waals surface area contributed by atoms with E-state index in [4.69, 9.17) is 10.5 Å². The Kier molecular flexibility index (Phi) is 2.74. The van der Waals surface area contributed by atoms with E-state index in [0.717, 1.165) is 18.4 Å². The van der Waals surface area contributed by atoms with E-state index < -0.39 is 0 Å². The number of aryl methyl sites for hydroxylation is 1. The Morgan fingerprint density at radius 1 is 1.42 bits per heavy atom. The van der Waals surface area contributed by atoms with Crippen LogP contribution in [0.1, 0.15) is 24.4 Å². The van der Waals surface area contributed by atoms with Crippen molar-refractivity contribution in [2.75, 3.05) is 5.73 Å². The molecule has 1 heterocycles. The molecule has 0 atom stereocenters. The zero-order valence-electron chi connectivity index (χ0n) is 10.7. The Labute approximate surface area is 110 Å². The highest BCUT2D eigenvalue weighted by molar-refractivity contribution is 5.54. The molecule has 1 saturated carbocycles. The predicted octanol–water partition coefficient (Wildman–Crippen LogP) is 2.26. The third-order valence-corrected chi connectivity index (χ3v) is 3.15. The fourth-order valence-corrected chi connectivity index (χ4v) is 1.95. The van der Waals surface area contributed by atoms with E-state index >= 15 is 0 Å². The molecule has 0 radical (unpaired) electrons. The molecule has 0 amide bonds. The summed E-state index contributed by atoms with van der Waals surface area (Å²) in [6.07, 6.45) is 5.36. The molecular weight excluding hydrogens is 242 g/mol. The number of hydrogen-bond acceptors (Lipinski definition) is 4. The zero-order chi connectivity index (χ0) is 13.4. The van der Waals surface area contributed by atoms with Gasteiger partial charge in [-0.3, -0.25) is 4.79 Å². The molecular formula is C14H15N3O2. The average Bonchev–Trinajstić information content (AvgIpc) is 3.20. The second-order valence-corrected chi connectivity index (χ2v) is 4.82. The van der Waals surface area contributed by atoms with Gasteiger partial charge >= 0.3 is 5.56 Å². The number of benzene rings is 1. The number of aromatic nitrogens is 2. The summed E-state index contributed by atoms with van der Waals surface area (Å²) in [6.45, 7) is 1.94. The molecule has 0 unspecified atom stereocenters. The molecule has 1 aliphatic rings. The topological polar surface area (TPSA) is 70.1 Å². The molecule has 2 aromatic rings. The summed E-state index contributed by atoms with van der Waals surface area (Å²) in [5.74, 6) is 0.546. The molecule has 1 aromatic carbocycles. The van der Waals surface area contributed by atoms with Gasteiger partial charge in [0.2, 0.25) is 0 Å². The highest BCUT2D eigenvalue weighted by atomic mass is 16.5. The van der Waals surface area contributed by atoms with Crippen molar-refractivity contribution < 1.29 is 4.74 Å². The lowest BCUT2D eigenvalue weighted by molar-refractivity contribution is 0.446. The molecule has 19 heavy (non-hydrogen) atoms. The lowest BCUT2D eigenvalue weighted by atomic mass is 10.2. The third-order valence-electron chi connectivity index (χ3n) is 3.15. The van der Waals surface area contributed by atoms with Gasteiger partial charge in [-0.05, 0) is 37.5 Å². The number of hydrogen-bond donors (Lipinski definition) is 1. The molecule has 0 bridgehead atoms. The standard InChI is InChI=1S/C14H15N3O2/c1-9-2-5-11(15)12(8-9)19-13-14(18)17(7-6-16-13)10-3-4-10/h2,5-8,10H,3-4,15H2,1H3. The second-order valence-electron chi connectivity index (χ2n) is 4.82. The summed E-state index contributed by atoms with van der Waals surface area (Å²) in [5, 5.41) is 0. The van der Waals surface area contributed by atoms with E-state index in [-0.39, 0.29) is 11.4 Å². The van der Waals surface area contributed by atoms with Gasteiger partial charge in [0.25, 0.3) is 5.88 Å². The van der Waals surface area contributed by atoms with Gasteiger partial charge in [0.05, 0.1) is 5.69 Å². The Morgan fingerprint density at radius 3 is 2.95 bits per heavy atom. The van der Waals surface area contributed by atoms with Gasteiger partial charge in [0, 0.05) is 18.4 Å². The van der Waals surface area contributed by atoms with Gasteiger partial charge in [-0.1, -0.05) is 6.07 Å². The number of rotatable bonds is 3. The Hall–Kier alpha value is -2.30. The fourth-order valence-electron chi connectivity index (χ4n) is 1.95. The monoisotopic (exact) mass is 257 g/mol. The van der Waals surface area contributed by atoms with Crippen LogP contribution in [0.25, 0.3) is 0 Å². The van der Waals surface area contributed by atoms with E-state index in [1.807, 2.05) is 13.0 Å². The Morgan fingerprint density at radius 2 is 2.21 bits per heavy atom. The van der Waals surface area contributed by atoms with Crippen LogP contribution >= 0.6 is 0 Å².